The Morgan fingerprint density at radius 3 is 2.63 bits per heavy atom. The number of likely N-dealkylation sites (N-methyl/N-ethyl adjacent to an activating group) is 1. The number of nitrogens with one attached hydrogen (secondary N) is 1. The van der Waals surface area contributed by atoms with Crippen LogP contribution in [0.1, 0.15) is 21.6 Å². The van der Waals surface area contributed by atoms with Crippen molar-refractivity contribution in [2.24, 2.45) is 0 Å². The summed E-state index contributed by atoms with van der Waals surface area (Å²) in [7, 11) is 5.61. The van der Waals surface area contributed by atoms with E-state index in [0.29, 0.717) is 30.2 Å². The molecule has 1 atom stereocenters. The first-order chi connectivity index (χ1) is 14.6. The Balaban J connectivity index is 1.60. The molecule has 0 aliphatic heterocycles. The van der Waals surface area contributed by atoms with Crippen LogP contribution in [0, 0.1) is 0 Å². The number of methoxy groups -OCH3 is 1. The molecule has 1 N–H and O–H groups in total. The SMILES string of the molecule is COc1cc(C(=O)NCC(Cc2ccccc2)N(C)C)ccc1OCc1cscn1. The Bertz CT molecular complexity index is 930. The van der Waals surface area contributed by atoms with Crippen LogP contribution in [0.25, 0.3) is 0 Å². The van der Waals surface area contributed by atoms with Crippen LogP contribution in [0.15, 0.2) is 59.4 Å². The minimum Gasteiger partial charge on any atom is -0.493 e. The van der Waals surface area contributed by atoms with Gasteiger partial charge in [0.1, 0.15) is 6.61 Å². The first-order valence-electron chi connectivity index (χ1n) is 9.73. The number of rotatable bonds is 10. The molecular formula is C23H27N3O3S. The molecule has 1 amide bonds. The fourth-order valence-electron chi connectivity index (χ4n) is 3.02. The van der Waals surface area contributed by atoms with Gasteiger partial charge < -0.3 is 19.7 Å². The Labute approximate surface area is 181 Å². The van der Waals surface area contributed by atoms with Crippen molar-refractivity contribution in [3.63, 3.8) is 0 Å². The lowest BCUT2D eigenvalue weighted by molar-refractivity contribution is 0.0941. The molecule has 7 heteroatoms. The molecule has 1 heterocycles. The maximum Gasteiger partial charge on any atom is 0.251 e. The van der Waals surface area contributed by atoms with Crippen LogP contribution >= 0.6 is 11.3 Å². The number of benzene rings is 2. The van der Waals surface area contributed by atoms with Gasteiger partial charge in [0.15, 0.2) is 11.5 Å². The van der Waals surface area contributed by atoms with Gasteiger partial charge in [-0.3, -0.25) is 4.79 Å². The van der Waals surface area contributed by atoms with E-state index in [1.807, 2.05) is 37.7 Å². The van der Waals surface area contributed by atoms with Gasteiger partial charge in [0.25, 0.3) is 5.91 Å². The third kappa shape index (κ3) is 6.05. The fourth-order valence-corrected chi connectivity index (χ4v) is 3.57. The largest absolute Gasteiger partial charge is 0.493 e. The average Bonchev–Trinajstić information content (AvgIpc) is 3.29. The van der Waals surface area contributed by atoms with E-state index in [9.17, 15) is 4.79 Å². The van der Waals surface area contributed by atoms with Crippen molar-refractivity contribution in [2.45, 2.75) is 19.1 Å². The zero-order valence-corrected chi connectivity index (χ0v) is 18.3. The van der Waals surface area contributed by atoms with Crippen LogP contribution in [-0.2, 0) is 13.0 Å². The van der Waals surface area contributed by atoms with Crippen LogP contribution < -0.4 is 14.8 Å². The molecule has 1 unspecified atom stereocenters. The van der Waals surface area contributed by atoms with Crippen molar-refractivity contribution in [1.82, 2.24) is 15.2 Å². The molecule has 0 spiro atoms. The molecule has 30 heavy (non-hydrogen) atoms. The zero-order chi connectivity index (χ0) is 21.3. The summed E-state index contributed by atoms with van der Waals surface area (Å²) in [6.45, 7) is 0.903. The highest BCUT2D eigenvalue weighted by molar-refractivity contribution is 7.07. The van der Waals surface area contributed by atoms with E-state index in [2.05, 4.69) is 27.3 Å². The highest BCUT2D eigenvalue weighted by Crippen LogP contribution is 2.29. The van der Waals surface area contributed by atoms with Crippen LogP contribution in [0.2, 0.25) is 0 Å². The minimum atomic E-state index is -0.140. The van der Waals surface area contributed by atoms with Crippen molar-refractivity contribution in [2.75, 3.05) is 27.7 Å². The van der Waals surface area contributed by atoms with Crippen LogP contribution in [-0.4, -0.2) is 49.6 Å². The van der Waals surface area contributed by atoms with Gasteiger partial charge in [-0.05, 0) is 44.3 Å². The number of carbonyl (C=O) groups is 1. The predicted octanol–water partition coefficient (Wildman–Crippen LogP) is 3.63. The lowest BCUT2D eigenvalue weighted by Crippen LogP contribution is -2.41. The summed E-state index contributed by atoms with van der Waals surface area (Å²) in [5.41, 5.74) is 4.40. The van der Waals surface area contributed by atoms with Gasteiger partial charge in [-0.2, -0.15) is 0 Å². The molecule has 3 aromatic rings. The van der Waals surface area contributed by atoms with Crippen molar-refractivity contribution >= 4 is 17.2 Å². The third-order valence-electron chi connectivity index (χ3n) is 4.83. The summed E-state index contributed by atoms with van der Waals surface area (Å²) in [6.07, 6.45) is 0.862. The van der Waals surface area contributed by atoms with Gasteiger partial charge in [-0.25, -0.2) is 4.98 Å². The van der Waals surface area contributed by atoms with Crippen LogP contribution in [0.3, 0.4) is 0 Å². The van der Waals surface area contributed by atoms with E-state index in [0.717, 1.165) is 12.1 Å². The summed E-state index contributed by atoms with van der Waals surface area (Å²) < 4.78 is 11.2. The van der Waals surface area contributed by atoms with Gasteiger partial charge >= 0.3 is 0 Å². The number of ether oxygens (including phenoxy) is 2. The van der Waals surface area contributed by atoms with E-state index in [-0.39, 0.29) is 11.9 Å². The van der Waals surface area contributed by atoms with Gasteiger partial charge in [0.05, 0.1) is 18.3 Å². The molecule has 0 aliphatic rings. The molecule has 0 saturated heterocycles. The third-order valence-corrected chi connectivity index (χ3v) is 5.46. The van der Waals surface area contributed by atoms with E-state index in [4.69, 9.17) is 9.47 Å². The molecule has 158 valence electrons. The predicted molar refractivity (Wildman–Crippen MR) is 119 cm³/mol. The number of aromatic nitrogens is 1. The van der Waals surface area contributed by atoms with Gasteiger partial charge in [0.2, 0.25) is 0 Å². The smallest absolute Gasteiger partial charge is 0.251 e. The highest BCUT2D eigenvalue weighted by Gasteiger charge is 2.16. The summed E-state index contributed by atoms with van der Waals surface area (Å²) >= 11 is 1.52. The van der Waals surface area contributed by atoms with E-state index < -0.39 is 0 Å². The summed E-state index contributed by atoms with van der Waals surface area (Å²) in [5, 5.41) is 4.98. The highest BCUT2D eigenvalue weighted by atomic mass is 32.1. The van der Waals surface area contributed by atoms with Gasteiger partial charge in [-0.15, -0.1) is 11.3 Å². The number of thiazole rings is 1. The zero-order valence-electron chi connectivity index (χ0n) is 17.5. The summed E-state index contributed by atoms with van der Waals surface area (Å²) in [6, 6.07) is 15.7. The molecule has 3 rings (SSSR count). The maximum absolute atomic E-state index is 12.7. The molecule has 0 saturated carbocycles. The number of nitrogens with zero attached hydrogens (tertiary/aromatic N) is 2. The van der Waals surface area contributed by atoms with Crippen molar-refractivity contribution in [3.8, 4) is 11.5 Å². The first-order valence-corrected chi connectivity index (χ1v) is 10.7. The monoisotopic (exact) mass is 425 g/mol. The molecule has 1 aromatic heterocycles. The number of amides is 1. The molecule has 0 aliphatic carbocycles. The van der Waals surface area contributed by atoms with Crippen LogP contribution in [0.4, 0.5) is 0 Å². The van der Waals surface area contributed by atoms with Gasteiger partial charge in [-0.1, -0.05) is 30.3 Å². The molecule has 6 nitrogen and oxygen atoms in total. The maximum atomic E-state index is 12.7. The fraction of sp³-hybridized carbons (Fsp3) is 0.304. The Hall–Kier alpha value is -2.90. The second-order valence-electron chi connectivity index (χ2n) is 7.15. The standard InChI is InChI=1S/C23H27N3O3S/c1-26(2)20(11-17-7-5-4-6-8-17)13-24-23(27)18-9-10-21(22(12-18)28-3)29-14-19-15-30-16-25-19/h4-10,12,15-16,20H,11,13-14H2,1-3H3,(H,24,27). The van der Waals surface area contributed by atoms with E-state index in [1.54, 1.807) is 30.8 Å². The Morgan fingerprint density at radius 1 is 1.17 bits per heavy atom. The summed E-state index contributed by atoms with van der Waals surface area (Å²) in [5.74, 6) is 0.961. The molecular weight excluding hydrogens is 398 g/mol. The quantitative estimate of drug-likeness (QED) is 0.537. The normalized spacial score (nSPS) is 11.9. The molecule has 0 bridgehead atoms. The Kier molecular flexibility index (Phi) is 7.82. The number of carbonyl (C=O) groups excluding carboxylic acids is 1. The van der Waals surface area contributed by atoms with Crippen molar-refractivity contribution < 1.29 is 14.3 Å². The lowest BCUT2D eigenvalue weighted by Gasteiger charge is -2.25. The average molecular weight is 426 g/mol. The van der Waals surface area contributed by atoms with Crippen LogP contribution in [0.5, 0.6) is 11.5 Å². The topological polar surface area (TPSA) is 63.7 Å². The van der Waals surface area contributed by atoms with Crippen molar-refractivity contribution in [3.05, 3.63) is 76.2 Å². The number of hydrogen-bond donors (Lipinski definition) is 1. The number of hydrogen-bond acceptors (Lipinski definition) is 6. The first kappa shape index (κ1) is 21.8. The lowest BCUT2D eigenvalue weighted by atomic mass is 10.0. The molecule has 2 aromatic carbocycles. The van der Waals surface area contributed by atoms with Gasteiger partial charge in [0, 0.05) is 23.5 Å². The van der Waals surface area contributed by atoms with E-state index >= 15 is 0 Å². The summed E-state index contributed by atoms with van der Waals surface area (Å²) in [4.78, 5) is 19.0. The van der Waals surface area contributed by atoms with Crippen molar-refractivity contribution in [1.29, 1.82) is 0 Å². The van der Waals surface area contributed by atoms with E-state index in [1.165, 1.54) is 16.9 Å². The molecule has 0 radical (unpaired) electrons. The second kappa shape index (κ2) is 10.8. The second-order valence-corrected chi connectivity index (χ2v) is 7.87. The molecule has 0 fully saturated rings. The Morgan fingerprint density at radius 2 is 1.97 bits per heavy atom. The minimum absolute atomic E-state index is 0.140.